The first kappa shape index (κ1) is 14.8. The Labute approximate surface area is 107 Å². The minimum Gasteiger partial charge on any atom is -0.494 e. The molecule has 7 heteroatoms. The Morgan fingerprint density at radius 3 is 2.47 bits per heavy atom. The summed E-state index contributed by atoms with van der Waals surface area (Å²) in [7, 11) is 1.16. The summed E-state index contributed by atoms with van der Waals surface area (Å²) in [5, 5.41) is 8.83. The highest BCUT2D eigenvalue weighted by molar-refractivity contribution is 5.93. The molecular formula is C12H10F3NO3. The van der Waals surface area contributed by atoms with Gasteiger partial charge < -0.3 is 9.47 Å². The summed E-state index contributed by atoms with van der Waals surface area (Å²) in [5.41, 5.74) is -1.90. The lowest BCUT2D eigenvalue weighted by molar-refractivity contribution is -0.137. The van der Waals surface area contributed by atoms with Crippen LogP contribution in [0.25, 0.3) is 0 Å². The van der Waals surface area contributed by atoms with Crippen LogP contribution in [-0.4, -0.2) is 19.7 Å². The Morgan fingerprint density at radius 2 is 2.05 bits per heavy atom. The molecule has 0 aliphatic heterocycles. The van der Waals surface area contributed by atoms with E-state index in [0.29, 0.717) is 12.1 Å². The standard InChI is InChI=1S/C12H10F3NO3/c1-3-19-11(17)9-5-8(12(13,14)15)4-7(6-16)10(9)18-2/h4-5H,3H2,1-2H3. The van der Waals surface area contributed by atoms with Gasteiger partial charge in [0.15, 0.2) is 5.75 Å². The van der Waals surface area contributed by atoms with Crippen LogP contribution in [-0.2, 0) is 10.9 Å². The molecule has 0 aromatic heterocycles. The molecule has 0 saturated carbocycles. The van der Waals surface area contributed by atoms with Crippen molar-refractivity contribution in [3.8, 4) is 11.8 Å². The summed E-state index contributed by atoms with van der Waals surface area (Å²) in [6.45, 7) is 1.52. The Kier molecular flexibility index (Phi) is 4.38. The van der Waals surface area contributed by atoms with Gasteiger partial charge in [0.05, 0.1) is 24.8 Å². The van der Waals surface area contributed by atoms with Crippen LogP contribution in [0.3, 0.4) is 0 Å². The third kappa shape index (κ3) is 3.16. The van der Waals surface area contributed by atoms with Crippen molar-refractivity contribution in [3.05, 3.63) is 28.8 Å². The van der Waals surface area contributed by atoms with Crippen molar-refractivity contribution in [1.82, 2.24) is 0 Å². The Morgan fingerprint density at radius 1 is 1.42 bits per heavy atom. The molecule has 0 amide bonds. The average Bonchev–Trinajstić information content (AvgIpc) is 2.36. The summed E-state index contributed by atoms with van der Waals surface area (Å²) in [6.07, 6.45) is -4.67. The molecule has 1 aromatic rings. The number of nitrogens with zero attached hydrogens (tertiary/aromatic N) is 1. The van der Waals surface area contributed by atoms with E-state index in [1.807, 2.05) is 0 Å². The van der Waals surface area contributed by atoms with Crippen molar-refractivity contribution in [3.63, 3.8) is 0 Å². The number of halogens is 3. The van der Waals surface area contributed by atoms with Crippen LogP contribution >= 0.6 is 0 Å². The number of esters is 1. The van der Waals surface area contributed by atoms with Crippen LogP contribution in [0.2, 0.25) is 0 Å². The number of alkyl halides is 3. The third-order valence-corrected chi connectivity index (χ3v) is 2.24. The van der Waals surface area contributed by atoms with Crippen LogP contribution < -0.4 is 4.74 Å². The second-order valence-corrected chi connectivity index (χ2v) is 3.43. The molecular weight excluding hydrogens is 263 g/mol. The van der Waals surface area contributed by atoms with Crippen molar-refractivity contribution in [2.45, 2.75) is 13.1 Å². The first-order valence-electron chi connectivity index (χ1n) is 5.21. The van der Waals surface area contributed by atoms with E-state index in [1.165, 1.54) is 6.92 Å². The lowest BCUT2D eigenvalue weighted by atomic mass is 10.0. The van der Waals surface area contributed by atoms with Crippen molar-refractivity contribution in [2.75, 3.05) is 13.7 Å². The average molecular weight is 273 g/mol. The van der Waals surface area contributed by atoms with Crippen LogP contribution in [0.1, 0.15) is 28.4 Å². The van der Waals surface area contributed by atoms with Gasteiger partial charge in [-0.1, -0.05) is 0 Å². The van der Waals surface area contributed by atoms with E-state index < -0.39 is 23.3 Å². The van der Waals surface area contributed by atoms with Gasteiger partial charge in [0.2, 0.25) is 0 Å². The number of ether oxygens (including phenoxy) is 2. The Hall–Kier alpha value is -2.23. The summed E-state index contributed by atoms with van der Waals surface area (Å²) in [4.78, 5) is 11.6. The van der Waals surface area contributed by atoms with Gasteiger partial charge in [-0.2, -0.15) is 18.4 Å². The zero-order valence-electron chi connectivity index (χ0n) is 10.2. The summed E-state index contributed by atoms with van der Waals surface area (Å²) < 4.78 is 47.5. The Bertz CT molecular complexity index is 532. The highest BCUT2D eigenvalue weighted by Gasteiger charge is 2.33. The molecule has 19 heavy (non-hydrogen) atoms. The number of methoxy groups -OCH3 is 1. The number of hydrogen-bond acceptors (Lipinski definition) is 4. The van der Waals surface area contributed by atoms with E-state index in [0.717, 1.165) is 7.11 Å². The maximum absolute atomic E-state index is 12.7. The zero-order chi connectivity index (χ0) is 14.6. The molecule has 0 fully saturated rings. The van der Waals surface area contributed by atoms with Gasteiger partial charge in [-0.05, 0) is 19.1 Å². The van der Waals surface area contributed by atoms with Gasteiger partial charge in [0, 0.05) is 0 Å². The smallest absolute Gasteiger partial charge is 0.416 e. The zero-order valence-corrected chi connectivity index (χ0v) is 10.2. The monoisotopic (exact) mass is 273 g/mol. The second-order valence-electron chi connectivity index (χ2n) is 3.43. The van der Waals surface area contributed by atoms with Gasteiger partial charge in [-0.25, -0.2) is 4.79 Å². The summed E-state index contributed by atoms with van der Waals surface area (Å²) >= 11 is 0. The molecule has 0 aliphatic rings. The largest absolute Gasteiger partial charge is 0.494 e. The number of carbonyl (C=O) groups excluding carboxylic acids is 1. The van der Waals surface area contributed by atoms with Gasteiger partial charge >= 0.3 is 12.1 Å². The van der Waals surface area contributed by atoms with Gasteiger partial charge in [0.25, 0.3) is 0 Å². The fraction of sp³-hybridized carbons (Fsp3) is 0.333. The highest BCUT2D eigenvalue weighted by atomic mass is 19.4. The summed E-state index contributed by atoms with van der Waals surface area (Å²) in [6, 6.07) is 2.80. The maximum atomic E-state index is 12.7. The van der Waals surface area contributed by atoms with Gasteiger partial charge in [-0.3, -0.25) is 0 Å². The van der Waals surface area contributed by atoms with E-state index in [-0.39, 0.29) is 17.9 Å². The lowest BCUT2D eigenvalue weighted by Gasteiger charge is -2.13. The number of carbonyl (C=O) groups is 1. The molecule has 0 heterocycles. The van der Waals surface area contributed by atoms with Crippen molar-refractivity contribution in [2.24, 2.45) is 0 Å². The van der Waals surface area contributed by atoms with E-state index in [4.69, 9.17) is 10.00 Å². The molecule has 0 bridgehead atoms. The molecule has 0 atom stereocenters. The number of hydrogen-bond donors (Lipinski definition) is 0. The number of benzene rings is 1. The predicted molar refractivity (Wildman–Crippen MR) is 58.7 cm³/mol. The van der Waals surface area contributed by atoms with Crippen LogP contribution in [0, 0.1) is 11.3 Å². The molecule has 0 saturated heterocycles. The van der Waals surface area contributed by atoms with Crippen LogP contribution in [0.4, 0.5) is 13.2 Å². The SMILES string of the molecule is CCOC(=O)c1cc(C(F)(F)F)cc(C#N)c1OC. The van der Waals surface area contributed by atoms with E-state index in [1.54, 1.807) is 6.07 Å². The van der Waals surface area contributed by atoms with E-state index in [2.05, 4.69) is 4.74 Å². The third-order valence-electron chi connectivity index (χ3n) is 2.24. The fourth-order valence-corrected chi connectivity index (χ4v) is 1.46. The van der Waals surface area contributed by atoms with E-state index >= 15 is 0 Å². The molecule has 0 aliphatic carbocycles. The maximum Gasteiger partial charge on any atom is 0.416 e. The van der Waals surface area contributed by atoms with Crippen molar-refractivity contribution < 1.29 is 27.4 Å². The van der Waals surface area contributed by atoms with Gasteiger partial charge in [-0.15, -0.1) is 0 Å². The minimum absolute atomic E-state index is 0.000119. The molecule has 1 rings (SSSR count). The molecule has 0 radical (unpaired) electrons. The second kappa shape index (κ2) is 5.61. The highest BCUT2D eigenvalue weighted by Crippen LogP contribution is 2.35. The molecule has 0 N–H and O–H groups in total. The van der Waals surface area contributed by atoms with Crippen LogP contribution in [0.5, 0.6) is 5.75 Å². The normalized spacial score (nSPS) is 10.7. The molecule has 1 aromatic carbocycles. The van der Waals surface area contributed by atoms with E-state index in [9.17, 15) is 18.0 Å². The first-order valence-corrected chi connectivity index (χ1v) is 5.21. The quantitative estimate of drug-likeness (QED) is 0.794. The van der Waals surface area contributed by atoms with Crippen LogP contribution in [0.15, 0.2) is 12.1 Å². The van der Waals surface area contributed by atoms with Crippen molar-refractivity contribution in [1.29, 1.82) is 5.26 Å². The molecule has 0 unspecified atom stereocenters. The fourth-order valence-electron chi connectivity index (χ4n) is 1.46. The predicted octanol–water partition coefficient (Wildman–Crippen LogP) is 2.76. The minimum atomic E-state index is -4.67. The molecule has 102 valence electrons. The van der Waals surface area contributed by atoms with Gasteiger partial charge in [0.1, 0.15) is 11.6 Å². The molecule has 0 spiro atoms. The lowest BCUT2D eigenvalue weighted by Crippen LogP contribution is -2.12. The van der Waals surface area contributed by atoms with Crippen molar-refractivity contribution >= 4 is 5.97 Å². The topological polar surface area (TPSA) is 59.3 Å². The number of rotatable bonds is 3. The molecule has 4 nitrogen and oxygen atoms in total. The Balaban J connectivity index is 3.50. The summed E-state index contributed by atoms with van der Waals surface area (Å²) in [5.74, 6) is -1.20. The number of nitriles is 1. The first-order chi connectivity index (χ1) is 8.85.